The third-order valence-electron chi connectivity index (χ3n) is 3.80. The number of nitrogens with zero attached hydrogens (tertiary/aromatic N) is 2. The first kappa shape index (κ1) is 17.3. The molecule has 1 aromatic heterocycles. The number of hydrogen-bond acceptors (Lipinski definition) is 6. The summed E-state index contributed by atoms with van der Waals surface area (Å²) in [6.07, 6.45) is 3.04. The van der Waals surface area contributed by atoms with Gasteiger partial charge in [0, 0.05) is 17.7 Å². The number of carbonyl (C=O) groups excluding carboxylic acids is 1. The highest BCUT2D eigenvalue weighted by atomic mass is 16.5. The minimum Gasteiger partial charge on any atom is -0.496 e. The molecule has 3 rings (SSSR count). The van der Waals surface area contributed by atoms with Crippen LogP contribution < -0.4 is 19.6 Å². The molecule has 1 heterocycles. The molecule has 0 saturated carbocycles. The Morgan fingerprint density at radius 3 is 2.50 bits per heavy atom. The number of imidazole rings is 1. The first-order valence-corrected chi connectivity index (χ1v) is 7.72. The molecular formula is C18H18N4O4. The average molecular weight is 354 g/mol. The fourth-order valence-corrected chi connectivity index (χ4v) is 2.46. The van der Waals surface area contributed by atoms with Crippen LogP contribution in [0.3, 0.4) is 0 Å². The van der Waals surface area contributed by atoms with Gasteiger partial charge in [0.15, 0.2) is 0 Å². The lowest BCUT2D eigenvalue weighted by Crippen LogP contribution is -2.17. The van der Waals surface area contributed by atoms with Gasteiger partial charge >= 0.3 is 0 Å². The summed E-state index contributed by atoms with van der Waals surface area (Å²) < 4.78 is 15.9. The summed E-state index contributed by atoms with van der Waals surface area (Å²) in [6.45, 7) is 0. The number of H-pyrrole nitrogens is 1. The zero-order chi connectivity index (χ0) is 18.5. The average Bonchev–Trinajstić information content (AvgIpc) is 3.15. The van der Waals surface area contributed by atoms with Crippen LogP contribution in [0.25, 0.3) is 11.0 Å². The zero-order valence-corrected chi connectivity index (χ0v) is 14.6. The SMILES string of the molecule is COc1cc(OC)c(/C=N\NC(=O)c2ccc3nc[nH]c3c2)c(OC)c1. The van der Waals surface area contributed by atoms with Crippen molar-refractivity contribution >= 4 is 23.2 Å². The van der Waals surface area contributed by atoms with E-state index in [1.165, 1.54) is 20.4 Å². The van der Waals surface area contributed by atoms with Crippen molar-refractivity contribution in [3.8, 4) is 17.2 Å². The summed E-state index contributed by atoms with van der Waals surface area (Å²) in [5.74, 6) is 1.27. The second kappa shape index (κ2) is 7.56. The smallest absolute Gasteiger partial charge is 0.271 e. The molecular weight excluding hydrogens is 336 g/mol. The third kappa shape index (κ3) is 3.44. The lowest BCUT2D eigenvalue weighted by Gasteiger charge is -2.12. The maximum Gasteiger partial charge on any atom is 0.271 e. The van der Waals surface area contributed by atoms with Gasteiger partial charge in [0.2, 0.25) is 0 Å². The largest absolute Gasteiger partial charge is 0.496 e. The van der Waals surface area contributed by atoms with Crippen molar-refractivity contribution < 1.29 is 19.0 Å². The van der Waals surface area contributed by atoms with Crippen LogP contribution in [-0.2, 0) is 0 Å². The van der Waals surface area contributed by atoms with E-state index in [1.807, 2.05) is 0 Å². The minimum absolute atomic E-state index is 0.343. The van der Waals surface area contributed by atoms with E-state index in [0.29, 0.717) is 28.4 Å². The number of methoxy groups -OCH3 is 3. The summed E-state index contributed by atoms with van der Waals surface area (Å²) in [5.41, 5.74) is 5.11. The van der Waals surface area contributed by atoms with Crippen LogP contribution in [0.4, 0.5) is 0 Å². The predicted octanol–water partition coefficient (Wildman–Crippen LogP) is 2.35. The van der Waals surface area contributed by atoms with Crippen molar-refractivity contribution in [3.63, 3.8) is 0 Å². The number of fused-ring (bicyclic) bond motifs is 1. The minimum atomic E-state index is -0.343. The molecule has 0 aliphatic carbocycles. The molecule has 8 heteroatoms. The van der Waals surface area contributed by atoms with E-state index in [9.17, 15) is 4.79 Å². The number of aromatic amines is 1. The van der Waals surface area contributed by atoms with Crippen LogP contribution in [0, 0.1) is 0 Å². The summed E-state index contributed by atoms with van der Waals surface area (Å²) in [4.78, 5) is 19.3. The van der Waals surface area contributed by atoms with Crippen molar-refractivity contribution in [2.75, 3.05) is 21.3 Å². The fraction of sp³-hybridized carbons (Fsp3) is 0.167. The molecule has 0 bridgehead atoms. The Balaban J connectivity index is 1.80. The number of hydrogen-bond donors (Lipinski definition) is 2. The highest BCUT2D eigenvalue weighted by Gasteiger charge is 2.12. The van der Waals surface area contributed by atoms with Crippen LogP contribution >= 0.6 is 0 Å². The van der Waals surface area contributed by atoms with E-state index in [0.717, 1.165) is 11.0 Å². The van der Waals surface area contributed by atoms with Gasteiger partial charge in [0.1, 0.15) is 17.2 Å². The molecule has 0 fully saturated rings. The van der Waals surface area contributed by atoms with Gasteiger partial charge in [0.05, 0.1) is 50.5 Å². The van der Waals surface area contributed by atoms with E-state index < -0.39 is 0 Å². The molecule has 8 nitrogen and oxygen atoms in total. The van der Waals surface area contributed by atoms with Crippen LogP contribution in [0.2, 0.25) is 0 Å². The maximum absolute atomic E-state index is 12.3. The fourth-order valence-electron chi connectivity index (χ4n) is 2.46. The van der Waals surface area contributed by atoms with Crippen LogP contribution in [0.5, 0.6) is 17.2 Å². The normalized spacial score (nSPS) is 10.9. The molecule has 1 amide bonds. The summed E-state index contributed by atoms with van der Waals surface area (Å²) >= 11 is 0. The highest BCUT2D eigenvalue weighted by molar-refractivity contribution is 5.98. The Bertz CT molecular complexity index is 940. The summed E-state index contributed by atoms with van der Waals surface area (Å²) in [7, 11) is 4.62. The van der Waals surface area contributed by atoms with Crippen molar-refractivity contribution in [1.82, 2.24) is 15.4 Å². The van der Waals surface area contributed by atoms with E-state index in [4.69, 9.17) is 14.2 Å². The number of aromatic nitrogens is 2. The topological polar surface area (TPSA) is 97.8 Å². The molecule has 0 atom stereocenters. The van der Waals surface area contributed by atoms with Gasteiger partial charge in [-0.2, -0.15) is 5.10 Å². The Labute approximate surface area is 149 Å². The van der Waals surface area contributed by atoms with E-state index >= 15 is 0 Å². The van der Waals surface area contributed by atoms with Gasteiger partial charge in [-0.3, -0.25) is 4.79 Å². The molecule has 26 heavy (non-hydrogen) atoms. The molecule has 134 valence electrons. The Kier molecular flexibility index (Phi) is 5.02. The van der Waals surface area contributed by atoms with E-state index in [2.05, 4.69) is 20.5 Å². The standard InChI is InChI=1S/C18H18N4O4/c1-24-12-7-16(25-2)13(17(8-12)26-3)9-21-22-18(23)11-4-5-14-15(6-11)20-10-19-14/h4-10H,1-3H3,(H,19,20)(H,22,23)/b21-9-. The monoisotopic (exact) mass is 354 g/mol. The predicted molar refractivity (Wildman–Crippen MR) is 97.3 cm³/mol. The van der Waals surface area contributed by atoms with Crippen LogP contribution in [0.15, 0.2) is 41.8 Å². The Morgan fingerprint density at radius 1 is 1.12 bits per heavy atom. The number of carbonyl (C=O) groups is 1. The summed E-state index contributed by atoms with van der Waals surface area (Å²) in [6, 6.07) is 8.57. The van der Waals surface area contributed by atoms with Crippen molar-refractivity contribution in [2.24, 2.45) is 5.10 Å². The second-order valence-electron chi connectivity index (χ2n) is 5.28. The van der Waals surface area contributed by atoms with E-state index in [-0.39, 0.29) is 5.91 Å². The lowest BCUT2D eigenvalue weighted by atomic mass is 10.2. The number of benzene rings is 2. The number of hydrazone groups is 1. The molecule has 0 radical (unpaired) electrons. The molecule has 0 spiro atoms. The van der Waals surface area contributed by atoms with Gasteiger partial charge in [-0.25, -0.2) is 10.4 Å². The molecule has 3 aromatic rings. The van der Waals surface area contributed by atoms with Crippen molar-refractivity contribution in [1.29, 1.82) is 0 Å². The van der Waals surface area contributed by atoms with Gasteiger partial charge < -0.3 is 19.2 Å². The van der Waals surface area contributed by atoms with Gasteiger partial charge in [-0.1, -0.05) is 0 Å². The number of ether oxygens (including phenoxy) is 3. The second-order valence-corrected chi connectivity index (χ2v) is 5.28. The van der Waals surface area contributed by atoms with E-state index in [1.54, 1.807) is 43.8 Å². The summed E-state index contributed by atoms with van der Waals surface area (Å²) in [5, 5.41) is 4.01. The van der Waals surface area contributed by atoms with Crippen LogP contribution in [-0.4, -0.2) is 43.4 Å². The molecule has 0 saturated heterocycles. The zero-order valence-electron chi connectivity index (χ0n) is 14.6. The number of nitrogens with one attached hydrogen (secondary N) is 2. The van der Waals surface area contributed by atoms with Crippen molar-refractivity contribution in [3.05, 3.63) is 47.8 Å². The molecule has 0 aliphatic heterocycles. The quantitative estimate of drug-likeness (QED) is 0.523. The first-order chi connectivity index (χ1) is 12.7. The maximum atomic E-state index is 12.3. The number of amides is 1. The molecule has 0 aliphatic rings. The molecule has 2 N–H and O–H groups in total. The molecule has 0 unspecified atom stereocenters. The van der Waals surface area contributed by atoms with Crippen LogP contribution in [0.1, 0.15) is 15.9 Å². The van der Waals surface area contributed by atoms with Crippen molar-refractivity contribution in [2.45, 2.75) is 0 Å². The van der Waals surface area contributed by atoms with Gasteiger partial charge in [0.25, 0.3) is 5.91 Å². The van der Waals surface area contributed by atoms with Gasteiger partial charge in [-0.15, -0.1) is 0 Å². The Hall–Kier alpha value is -3.55. The Morgan fingerprint density at radius 2 is 1.85 bits per heavy atom. The first-order valence-electron chi connectivity index (χ1n) is 7.72. The third-order valence-corrected chi connectivity index (χ3v) is 3.80. The molecule has 2 aromatic carbocycles. The lowest BCUT2D eigenvalue weighted by molar-refractivity contribution is 0.0955. The number of rotatable bonds is 6. The highest BCUT2D eigenvalue weighted by Crippen LogP contribution is 2.32. The van der Waals surface area contributed by atoms with Gasteiger partial charge in [-0.05, 0) is 18.2 Å².